The lowest BCUT2D eigenvalue weighted by Gasteiger charge is -2.29. The maximum absolute atomic E-state index is 12.4. The third-order valence-electron chi connectivity index (χ3n) is 5.16. The Morgan fingerprint density at radius 2 is 2.00 bits per heavy atom. The van der Waals surface area contributed by atoms with Crippen molar-refractivity contribution in [2.75, 3.05) is 27.3 Å². The molecule has 0 aliphatic carbocycles. The highest BCUT2D eigenvalue weighted by atomic mass is 16.5. The van der Waals surface area contributed by atoms with Gasteiger partial charge in [-0.25, -0.2) is 0 Å². The summed E-state index contributed by atoms with van der Waals surface area (Å²) in [5.41, 5.74) is 2.03. The van der Waals surface area contributed by atoms with E-state index in [2.05, 4.69) is 10.3 Å². The normalized spacial score (nSPS) is 19.3. The van der Waals surface area contributed by atoms with Gasteiger partial charge in [0.1, 0.15) is 18.0 Å². The Morgan fingerprint density at radius 3 is 2.67 bits per heavy atom. The summed E-state index contributed by atoms with van der Waals surface area (Å²) in [4.78, 5) is 18.1. The molecule has 2 N–H and O–H groups in total. The summed E-state index contributed by atoms with van der Waals surface area (Å²) in [7, 11) is 3.37. The first-order valence-electron chi connectivity index (χ1n) is 9.41. The molecule has 6 heteroatoms. The van der Waals surface area contributed by atoms with Crippen molar-refractivity contribution in [3.05, 3.63) is 53.9 Å². The predicted octanol–water partition coefficient (Wildman–Crippen LogP) is 1.21. The second-order valence-electron chi connectivity index (χ2n) is 6.92. The number of hydrogen-bond donors (Lipinski definition) is 2. The van der Waals surface area contributed by atoms with Crippen molar-refractivity contribution in [2.45, 2.75) is 25.9 Å². The molecule has 0 atom stereocenters. The number of aromatic nitrogens is 1. The molecule has 144 valence electrons. The van der Waals surface area contributed by atoms with Gasteiger partial charge >= 0.3 is 0 Å². The van der Waals surface area contributed by atoms with Crippen molar-refractivity contribution >= 4 is 5.91 Å². The zero-order chi connectivity index (χ0) is 19.1. The maximum atomic E-state index is 12.4. The molecule has 0 radical (unpaired) electrons. The van der Waals surface area contributed by atoms with Crippen LogP contribution >= 0.6 is 0 Å². The van der Waals surface area contributed by atoms with Crippen LogP contribution < -0.4 is 19.7 Å². The van der Waals surface area contributed by atoms with Gasteiger partial charge in [0.25, 0.3) is 0 Å². The van der Waals surface area contributed by atoms with Gasteiger partial charge < -0.3 is 19.7 Å². The maximum Gasteiger partial charge on any atom is 0.223 e. The smallest absolute Gasteiger partial charge is 0.223 e. The van der Waals surface area contributed by atoms with Crippen LogP contribution in [0.4, 0.5) is 0 Å². The van der Waals surface area contributed by atoms with E-state index in [0.29, 0.717) is 6.54 Å². The van der Waals surface area contributed by atoms with E-state index in [9.17, 15) is 4.79 Å². The number of benzene rings is 1. The van der Waals surface area contributed by atoms with Gasteiger partial charge in [-0.3, -0.25) is 9.78 Å². The molecule has 1 aliphatic rings. The van der Waals surface area contributed by atoms with E-state index in [4.69, 9.17) is 9.47 Å². The number of hydrogen-bond acceptors (Lipinski definition) is 4. The van der Waals surface area contributed by atoms with E-state index in [-0.39, 0.29) is 11.8 Å². The van der Waals surface area contributed by atoms with E-state index in [1.807, 2.05) is 36.4 Å². The lowest BCUT2D eigenvalue weighted by molar-refractivity contribution is -0.919. The molecule has 27 heavy (non-hydrogen) atoms. The number of quaternary nitrogens is 1. The number of carbonyl (C=O) groups is 1. The molecule has 0 unspecified atom stereocenters. The fourth-order valence-electron chi connectivity index (χ4n) is 3.58. The first-order chi connectivity index (χ1) is 13.2. The minimum atomic E-state index is 0.0877. The van der Waals surface area contributed by atoms with Crippen LogP contribution in [0.15, 0.2) is 42.6 Å². The fraction of sp³-hybridized carbons (Fsp3) is 0.429. The Kier molecular flexibility index (Phi) is 6.65. The molecule has 3 rings (SSSR count). The van der Waals surface area contributed by atoms with Crippen LogP contribution in [0.25, 0.3) is 0 Å². The Morgan fingerprint density at radius 1 is 1.19 bits per heavy atom. The number of likely N-dealkylation sites (tertiary alicyclic amines) is 1. The SMILES string of the molecule is COc1ccc(OC)c(C[NH+]2CCC(C(=O)NCc3ccccn3)CC2)c1. The van der Waals surface area contributed by atoms with Crippen LogP contribution in [-0.4, -0.2) is 38.2 Å². The molecule has 1 aromatic carbocycles. The number of nitrogens with zero attached hydrogens (tertiary/aromatic N) is 1. The van der Waals surface area contributed by atoms with Crippen LogP contribution in [0.2, 0.25) is 0 Å². The van der Waals surface area contributed by atoms with Crippen molar-refractivity contribution < 1.29 is 19.2 Å². The molecular formula is C21H28N3O3+. The van der Waals surface area contributed by atoms with E-state index in [1.54, 1.807) is 20.4 Å². The van der Waals surface area contributed by atoms with Crippen LogP contribution in [0, 0.1) is 5.92 Å². The van der Waals surface area contributed by atoms with Crippen molar-refractivity contribution in [1.29, 1.82) is 0 Å². The van der Waals surface area contributed by atoms with E-state index >= 15 is 0 Å². The topological polar surface area (TPSA) is 64.9 Å². The summed E-state index contributed by atoms with van der Waals surface area (Å²) < 4.78 is 10.8. The molecule has 1 saturated heterocycles. The standard InChI is InChI=1S/C21H27N3O3/c1-26-19-6-7-20(27-2)17(13-19)15-24-11-8-16(9-12-24)21(25)23-14-18-5-3-4-10-22-18/h3-7,10,13,16H,8-9,11-12,14-15H2,1-2H3,(H,23,25)/p+1. The van der Waals surface area contributed by atoms with Gasteiger partial charge in [-0.15, -0.1) is 0 Å². The summed E-state index contributed by atoms with van der Waals surface area (Å²) in [6.07, 6.45) is 3.54. The summed E-state index contributed by atoms with van der Waals surface area (Å²) in [5, 5.41) is 3.02. The molecule has 0 spiro atoms. The quantitative estimate of drug-likeness (QED) is 0.769. The second-order valence-corrected chi connectivity index (χ2v) is 6.92. The minimum Gasteiger partial charge on any atom is -0.497 e. The summed E-state index contributed by atoms with van der Waals surface area (Å²) in [6, 6.07) is 11.6. The van der Waals surface area contributed by atoms with Gasteiger partial charge in [0.05, 0.1) is 45.1 Å². The lowest BCUT2D eigenvalue weighted by Crippen LogP contribution is -3.11. The molecule has 6 nitrogen and oxygen atoms in total. The van der Waals surface area contributed by atoms with Gasteiger partial charge in [-0.05, 0) is 30.3 Å². The third-order valence-corrected chi connectivity index (χ3v) is 5.16. The van der Waals surface area contributed by atoms with Crippen LogP contribution in [0.3, 0.4) is 0 Å². The monoisotopic (exact) mass is 370 g/mol. The Hall–Kier alpha value is -2.60. The number of nitrogens with one attached hydrogen (secondary N) is 2. The molecule has 1 aromatic heterocycles. The zero-order valence-corrected chi connectivity index (χ0v) is 16.0. The van der Waals surface area contributed by atoms with Gasteiger partial charge in [0.15, 0.2) is 0 Å². The molecule has 2 aromatic rings. The van der Waals surface area contributed by atoms with Gasteiger partial charge in [0.2, 0.25) is 5.91 Å². The average molecular weight is 370 g/mol. The summed E-state index contributed by atoms with van der Waals surface area (Å²) >= 11 is 0. The molecule has 0 bridgehead atoms. The molecule has 2 heterocycles. The van der Waals surface area contributed by atoms with Gasteiger partial charge in [-0.2, -0.15) is 0 Å². The number of ether oxygens (including phenoxy) is 2. The number of pyridine rings is 1. The zero-order valence-electron chi connectivity index (χ0n) is 16.0. The van der Waals surface area contributed by atoms with Crippen molar-refractivity contribution in [3.8, 4) is 11.5 Å². The Labute approximate surface area is 160 Å². The molecule has 1 amide bonds. The van der Waals surface area contributed by atoms with Crippen LogP contribution in [0.1, 0.15) is 24.1 Å². The van der Waals surface area contributed by atoms with Gasteiger partial charge in [-0.1, -0.05) is 6.07 Å². The second kappa shape index (κ2) is 9.37. The fourth-order valence-corrected chi connectivity index (χ4v) is 3.58. The van der Waals surface area contributed by atoms with Crippen molar-refractivity contribution in [2.24, 2.45) is 5.92 Å². The first kappa shape index (κ1) is 19.2. The number of amides is 1. The molecular weight excluding hydrogens is 342 g/mol. The lowest BCUT2D eigenvalue weighted by atomic mass is 9.95. The predicted molar refractivity (Wildman–Crippen MR) is 103 cm³/mol. The number of rotatable bonds is 7. The highest BCUT2D eigenvalue weighted by Crippen LogP contribution is 2.23. The molecule has 0 saturated carbocycles. The number of methoxy groups -OCH3 is 2. The van der Waals surface area contributed by atoms with Crippen molar-refractivity contribution in [1.82, 2.24) is 10.3 Å². The number of piperidine rings is 1. The van der Waals surface area contributed by atoms with Crippen molar-refractivity contribution in [3.63, 3.8) is 0 Å². The van der Waals surface area contributed by atoms with E-state index in [1.165, 1.54) is 4.90 Å². The summed E-state index contributed by atoms with van der Waals surface area (Å²) in [6.45, 7) is 3.32. The molecule has 1 fully saturated rings. The third kappa shape index (κ3) is 5.20. The Bertz CT molecular complexity index is 744. The van der Waals surface area contributed by atoms with Crippen LogP contribution in [-0.2, 0) is 17.9 Å². The largest absolute Gasteiger partial charge is 0.497 e. The van der Waals surface area contributed by atoms with E-state index in [0.717, 1.165) is 55.2 Å². The number of carbonyl (C=O) groups excluding carboxylic acids is 1. The van der Waals surface area contributed by atoms with E-state index < -0.39 is 0 Å². The highest BCUT2D eigenvalue weighted by Gasteiger charge is 2.28. The van der Waals surface area contributed by atoms with Crippen LogP contribution in [0.5, 0.6) is 11.5 Å². The minimum absolute atomic E-state index is 0.0877. The first-order valence-corrected chi connectivity index (χ1v) is 9.41. The Balaban J connectivity index is 1.49. The highest BCUT2D eigenvalue weighted by molar-refractivity contribution is 5.78. The van der Waals surface area contributed by atoms with Gasteiger partial charge in [0, 0.05) is 25.0 Å². The molecule has 1 aliphatic heterocycles. The average Bonchev–Trinajstić information content (AvgIpc) is 2.73. The summed E-state index contributed by atoms with van der Waals surface area (Å²) in [5.74, 6) is 1.95.